The highest BCUT2D eigenvalue weighted by Crippen LogP contribution is 2.22. The van der Waals surface area contributed by atoms with Gasteiger partial charge in [0.05, 0.1) is 38.3 Å². The summed E-state index contributed by atoms with van der Waals surface area (Å²) in [6.07, 6.45) is -2.28. The van der Waals surface area contributed by atoms with Gasteiger partial charge in [-0.15, -0.1) is 0 Å². The van der Waals surface area contributed by atoms with Crippen LogP contribution in [-0.4, -0.2) is 291 Å². The molecule has 1 aromatic carbocycles. The number of benzene rings is 1. The van der Waals surface area contributed by atoms with E-state index in [-0.39, 0.29) is 106 Å². The number of hydrogen-bond donors (Lipinski definition) is 24. The van der Waals surface area contributed by atoms with Crippen LogP contribution in [0.2, 0.25) is 0 Å². The van der Waals surface area contributed by atoms with Gasteiger partial charge in [0.1, 0.15) is 84.6 Å². The third kappa shape index (κ3) is 39.9. The first-order valence-electron chi connectivity index (χ1n) is 42.3. The van der Waals surface area contributed by atoms with Crippen molar-refractivity contribution in [1.29, 1.82) is 0 Å². The molecule has 16 atom stereocenters. The maximum Gasteiger partial charge on any atom is 0.326 e. The number of nitrogens with zero attached hydrogens (tertiary/aromatic N) is 2. The average Bonchev–Trinajstić information content (AvgIpc) is 1.54. The lowest BCUT2D eigenvalue weighted by molar-refractivity contribution is -0.150. The van der Waals surface area contributed by atoms with Crippen molar-refractivity contribution < 1.29 is 117 Å². The third-order valence-corrected chi connectivity index (χ3v) is 20.4. The first-order valence-corrected chi connectivity index (χ1v) is 43.0. The summed E-state index contributed by atoms with van der Waals surface area (Å²) in [6, 6.07) is -13.3. The number of hydrogen-bond acceptors (Lipinski definition) is 24. The minimum atomic E-state index is -1.86. The van der Waals surface area contributed by atoms with Crippen molar-refractivity contribution in [1.82, 2.24) is 90.0 Å². The Morgan fingerprint density at radius 2 is 0.897 bits per heavy atom. The summed E-state index contributed by atoms with van der Waals surface area (Å²) in [5.74, 6) is -21.6. The molecule has 25 N–H and O–H groups in total. The van der Waals surface area contributed by atoms with Gasteiger partial charge >= 0.3 is 17.9 Å². The van der Waals surface area contributed by atoms with Gasteiger partial charge in [-0.2, -0.15) is 12.6 Å². The molecule has 44 nitrogen and oxygen atoms in total. The van der Waals surface area contributed by atoms with E-state index >= 15 is 0 Å². The number of carboxylic acid groups (broad SMARTS) is 3. The molecular weight excluding hydrogens is 1670 g/mol. The molecule has 2 fully saturated rings. The highest BCUT2D eigenvalue weighted by molar-refractivity contribution is 7.80. The molecule has 1 aromatic rings. The van der Waals surface area contributed by atoms with Crippen LogP contribution < -0.4 is 96.5 Å². The molecule has 45 heteroatoms. The fourth-order valence-electron chi connectivity index (χ4n) is 13.6. The Labute approximate surface area is 737 Å². The Hall–Kier alpha value is -11.3. The highest BCUT2D eigenvalue weighted by atomic mass is 32.1. The van der Waals surface area contributed by atoms with Crippen LogP contribution in [0.3, 0.4) is 0 Å². The summed E-state index contributed by atoms with van der Waals surface area (Å²) in [5, 5.41) is 90.3. The number of thiol groups is 1. The smallest absolute Gasteiger partial charge is 0.326 e. The molecule has 2 aliphatic rings. The zero-order valence-electron chi connectivity index (χ0n) is 73.6. The van der Waals surface area contributed by atoms with Gasteiger partial charge in [-0.1, -0.05) is 99.6 Å². The molecule has 0 unspecified atom stereocenters. The minimum Gasteiger partial charge on any atom is -0.481 e. The largest absolute Gasteiger partial charge is 0.481 e. The van der Waals surface area contributed by atoms with Gasteiger partial charge in [-0.25, -0.2) is 4.79 Å². The van der Waals surface area contributed by atoms with Crippen LogP contribution in [0.15, 0.2) is 35.3 Å². The zero-order valence-corrected chi connectivity index (χ0v) is 74.5. The molecule has 0 aliphatic carbocycles. The van der Waals surface area contributed by atoms with Crippen LogP contribution in [0.25, 0.3) is 0 Å². The van der Waals surface area contributed by atoms with E-state index in [9.17, 15) is 117 Å². The monoisotopic (exact) mass is 1800 g/mol. The fourth-order valence-corrected chi connectivity index (χ4v) is 13.9. The zero-order chi connectivity index (χ0) is 94.9. The molecule has 126 heavy (non-hydrogen) atoms. The van der Waals surface area contributed by atoms with E-state index < -0.39 is 254 Å². The molecule has 0 radical (unpaired) electrons. The number of carboxylic acids is 3. The second kappa shape index (κ2) is 55.2. The number of aliphatic hydroxyl groups is 2. The van der Waals surface area contributed by atoms with Gasteiger partial charge in [0, 0.05) is 31.7 Å². The second-order valence-electron chi connectivity index (χ2n) is 33.5. The highest BCUT2D eigenvalue weighted by Gasteiger charge is 2.42. The number of nitrogens with one attached hydrogen (secondary N) is 16. The van der Waals surface area contributed by atoms with Gasteiger partial charge in [-0.05, 0) is 133 Å². The van der Waals surface area contributed by atoms with Crippen LogP contribution in [0.4, 0.5) is 0 Å². The maximum atomic E-state index is 14.6. The molecule has 0 bridgehead atoms. The normalized spacial score (nSPS) is 17.0. The standard InChI is InChI=1S/C81H132N20O24S/c1-40(2)29-51(94-72(116)53(31-42(5)6)96-77(121)59(39-126)99-76(120)58(38-102)98-73(117)55(34-47-19-14-13-15-20-47)90-62(105)36-86-67(111)49(22-17-27-85-81(82)83)91-68(112)48-21-16-26-84-48)70(114)93-52(30-41(3)4)71(115)95-54(32-43(7)8)75(119)100-65(46(12)103)78(122)87-37-61(104)89-50(24-25-63(106)107)69(113)88-45(11)66(110)92-56(35-64(108)109)74(118)97-57(33-44(9)10)79(123)101-28-18-23-60(101)80(124)125/h13-15,19-20,40-46,48-60,65,84,102-103,126H,16-18,21-39H2,1-12H3,(H,86,111)(H,87,122)(H,88,113)(H,89,104)(H,90,105)(H,91,112)(H,92,110)(H,93,114)(H,94,116)(H,95,115)(H,96,121)(H,97,118)(H,98,117)(H,99,120)(H,100,119)(H,106,107)(H,108,109)(H,124,125)(H4,82,83,85)/t45-,46+,48-,49-,50-,51-,52-,53-,54-,55-,56-,57-,58-,59-,60-,65-/m0/s1. The van der Waals surface area contributed by atoms with Crippen molar-refractivity contribution in [2.45, 2.75) is 276 Å². The Bertz CT molecular complexity index is 3920. The van der Waals surface area contributed by atoms with Crippen LogP contribution in [0.1, 0.15) is 179 Å². The molecule has 2 heterocycles. The number of likely N-dealkylation sites (tertiary alicyclic amines) is 1. The van der Waals surface area contributed by atoms with Crippen LogP contribution >= 0.6 is 12.6 Å². The van der Waals surface area contributed by atoms with Gasteiger partial charge in [-0.3, -0.25) is 91.3 Å². The van der Waals surface area contributed by atoms with Crippen molar-refractivity contribution in [2.24, 2.45) is 46.0 Å². The van der Waals surface area contributed by atoms with Gasteiger partial charge in [0.2, 0.25) is 94.5 Å². The van der Waals surface area contributed by atoms with Crippen molar-refractivity contribution in [3.05, 3.63) is 35.9 Å². The summed E-state index contributed by atoms with van der Waals surface area (Å²) in [7, 11) is 0. The summed E-state index contributed by atoms with van der Waals surface area (Å²) >= 11 is 4.28. The molecule has 16 amide bonds. The van der Waals surface area contributed by atoms with Gasteiger partial charge in [0.25, 0.3) is 0 Å². The number of aliphatic carboxylic acids is 3. The van der Waals surface area contributed by atoms with Crippen molar-refractivity contribution >= 4 is 131 Å². The van der Waals surface area contributed by atoms with Crippen LogP contribution in [0, 0.1) is 29.6 Å². The number of nitrogens with two attached hydrogens (primary N) is 2. The molecule has 0 aromatic heterocycles. The predicted octanol–water partition coefficient (Wildman–Crippen LogP) is -5.46. The van der Waals surface area contributed by atoms with Crippen molar-refractivity contribution in [3.8, 4) is 0 Å². The Kier molecular flexibility index (Phi) is 47.7. The molecule has 2 saturated heterocycles. The summed E-state index contributed by atoms with van der Waals surface area (Å²) in [6.45, 7) is 17.6. The Morgan fingerprint density at radius 3 is 1.36 bits per heavy atom. The van der Waals surface area contributed by atoms with Gasteiger partial charge < -0.3 is 127 Å². The molecule has 0 saturated carbocycles. The minimum absolute atomic E-state index is 0.00313. The number of guanidine groups is 1. The number of aliphatic imine (C=N–C) groups is 1. The fraction of sp³-hybridized carbons (Fsp3) is 0.679. The third-order valence-electron chi connectivity index (χ3n) is 20.0. The first kappa shape index (κ1) is 109. The SMILES string of the molecule is CC(C)C[C@H](NC(=O)[C@H](CS)NC(=O)[C@H](CO)NC(=O)[C@H](Cc1ccccc1)NC(=O)CNC(=O)[C@H](CCCN=C(N)N)NC(=O)[C@@H]1CCCN1)C(=O)N[C@@H](CC(C)C)C(=O)N[C@@H](CC(C)C)C(=O)N[C@@H](CC(C)C)C(=O)N[C@H](C(=O)NCC(=O)N[C@@H](CCC(=O)O)C(=O)N[C@@H](C)C(=O)N[C@@H](CC(=O)O)C(=O)N[C@@H](CC(C)C)C(=O)N1CCC[C@H]1C(=O)O)[C@@H](C)O. The quantitative estimate of drug-likeness (QED) is 0.0125. The van der Waals surface area contributed by atoms with E-state index in [1.807, 2.05) is 0 Å². The van der Waals surface area contributed by atoms with Crippen molar-refractivity contribution in [2.75, 3.05) is 45.1 Å². The van der Waals surface area contributed by atoms with Crippen molar-refractivity contribution in [3.63, 3.8) is 0 Å². The van der Waals surface area contributed by atoms with E-state index in [0.717, 1.165) is 25.2 Å². The number of aliphatic hydroxyl groups excluding tert-OH is 2. The number of carbonyl (C=O) groups excluding carboxylic acids is 16. The Morgan fingerprint density at radius 1 is 0.468 bits per heavy atom. The van der Waals surface area contributed by atoms with Gasteiger partial charge in [0.15, 0.2) is 5.96 Å². The average molecular weight is 1800 g/mol. The number of rotatable bonds is 56. The topological polar surface area (TPSA) is 686 Å². The molecule has 706 valence electrons. The molecule has 2 aliphatic heterocycles. The van der Waals surface area contributed by atoms with E-state index in [0.29, 0.717) is 24.9 Å². The molecule has 3 rings (SSSR count). The van der Waals surface area contributed by atoms with Crippen LogP contribution in [0.5, 0.6) is 0 Å². The molecule has 0 spiro atoms. The van der Waals surface area contributed by atoms with E-state index in [4.69, 9.17) is 11.5 Å². The number of amides is 16. The lowest BCUT2D eigenvalue weighted by Gasteiger charge is -2.29. The molecular formula is C81H132N20O24S. The maximum absolute atomic E-state index is 14.6. The van der Waals surface area contributed by atoms with E-state index in [1.54, 1.807) is 99.6 Å². The van der Waals surface area contributed by atoms with E-state index in [1.165, 1.54) is 0 Å². The lowest BCUT2D eigenvalue weighted by Crippen LogP contribution is -2.61. The Balaban J connectivity index is 1.76. The first-order chi connectivity index (χ1) is 59.1. The van der Waals surface area contributed by atoms with Crippen LogP contribution in [-0.2, 0) is 97.5 Å². The predicted molar refractivity (Wildman–Crippen MR) is 459 cm³/mol. The van der Waals surface area contributed by atoms with E-state index in [2.05, 4.69) is 103 Å². The summed E-state index contributed by atoms with van der Waals surface area (Å²) < 4.78 is 0. The summed E-state index contributed by atoms with van der Waals surface area (Å²) in [4.78, 5) is 263. The second-order valence-corrected chi connectivity index (χ2v) is 33.9. The number of carbonyl (C=O) groups is 19. The lowest BCUT2D eigenvalue weighted by atomic mass is 9.98. The summed E-state index contributed by atoms with van der Waals surface area (Å²) in [5.41, 5.74) is 11.4.